The Morgan fingerprint density at radius 3 is 0.827 bits per heavy atom. The Bertz CT molecular complexity index is 3900. The predicted octanol–water partition coefficient (Wildman–Crippen LogP) is 7.07. The molecule has 0 aromatic heterocycles. The molecule has 3 aromatic carbocycles. The van der Waals surface area contributed by atoms with Crippen LogP contribution in [0, 0.1) is 60.7 Å². The van der Waals surface area contributed by atoms with Gasteiger partial charge in [-0.05, 0) is 216 Å². The molecule has 0 aliphatic carbocycles. The Kier molecular flexibility index (Phi) is 64.3. The van der Waals surface area contributed by atoms with E-state index in [0.717, 1.165) is 16.7 Å². The molecule has 3 aliphatic rings. The van der Waals surface area contributed by atoms with Gasteiger partial charge in [-0.2, -0.15) is 23.5 Å². The molecule has 48 nitrogen and oxygen atoms in total. The number of hydrogen-bond donors (Lipinski definition) is 6. The average Bonchev–Trinajstić information content (AvgIpc) is 1.72. The highest BCUT2D eigenvalue weighted by Crippen LogP contribution is 2.27. The number of thioether (sulfide) groups is 2. The number of nitrogens with zero attached hydrogens (tertiary/aromatic N) is 9. The predicted molar refractivity (Wildman–Crippen MR) is 504 cm³/mol. The van der Waals surface area contributed by atoms with Gasteiger partial charge in [-0.25, -0.2) is 14.4 Å². The van der Waals surface area contributed by atoms with E-state index >= 15 is 0 Å². The second kappa shape index (κ2) is 74.6. The number of ether oxygens (including phenoxy) is 6. The van der Waals surface area contributed by atoms with Crippen molar-refractivity contribution in [3.63, 3.8) is 0 Å². The fraction of sp³-hybridized carbons (Fsp3) is 0.697. The van der Waals surface area contributed by atoms with Crippen LogP contribution in [0.2, 0.25) is 0 Å². The van der Waals surface area contributed by atoms with Crippen LogP contribution in [-0.4, -0.2) is 295 Å². The van der Waals surface area contributed by atoms with Crippen LogP contribution in [0.15, 0.2) is 91.0 Å². The van der Waals surface area contributed by atoms with Crippen LogP contribution in [0.4, 0.5) is 0 Å². The van der Waals surface area contributed by atoms with Gasteiger partial charge in [0.15, 0.2) is 0 Å². The maximum atomic E-state index is 13.9. The van der Waals surface area contributed by atoms with Gasteiger partial charge in [-0.15, -0.1) is 60.7 Å². The highest BCUT2D eigenvalue weighted by atomic mass is 32.2. The minimum Gasteiger partial charge on any atom is -0.465 e. The second-order valence-electron chi connectivity index (χ2n) is 32.4. The van der Waals surface area contributed by atoms with Crippen LogP contribution in [0.3, 0.4) is 0 Å². The van der Waals surface area contributed by atoms with Crippen molar-refractivity contribution in [2.24, 2.45) is 17.2 Å². The third-order valence-electron chi connectivity index (χ3n) is 22.1. The van der Waals surface area contributed by atoms with Crippen LogP contribution in [0.1, 0.15) is 196 Å². The van der Waals surface area contributed by atoms with Crippen molar-refractivity contribution in [1.82, 2.24) is 30.7 Å². The summed E-state index contributed by atoms with van der Waals surface area (Å²) in [6, 6.07) is 21.8. The average molecular weight is 2010 g/mol. The van der Waals surface area contributed by atoms with Crippen LogP contribution in [-0.2, 0) is 120 Å². The molecule has 0 saturated carbocycles. The van der Waals surface area contributed by atoms with E-state index < -0.39 is 121 Å². The van der Waals surface area contributed by atoms with Gasteiger partial charge < -0.3 is 89.3 Å². The first-order chi connectivity index (χ1) is 67.2. The van der Waals surface area contributed by atoms with Crippen molar-refractivity contribution in [2.45, 2.75) is 253 Å². The molecular formula is C89H139N15O33S2. The third-order valence-corrected chi connectivity index (χ3v) is 23.9. The Balaban J connectivity index is 0.000000435. The molecule has 9 N–H and O–H groups in total. The van der Waals surface area contributed by atoms with E-state index in [1.165, 1.54) is 38.2 Å². The highest BCUT2D eigenvalue weighted by Gasteiger charge is 2.43. The number of likely N-dealkylation sites (tertiary alicyclic amines) is 3. The zero-order chi connectivity index (χ0) is 101. The van der Waals surface area contributed by atoms with E-state index in [1.54, 1.807) is 0 Å². The molecule has 780 valence electrons. The van der Waals surface area contributed by atoms with Crippen molar-refractivity contribution in [1.29, 1.82) is 0 Å². The lowest BCUT2D eigenvalue weighted by atomic mass is 10.0. The molecule has 3 saturated heterocycles. The van der Waals surface area contributed by atoms with Gasteiger partial charge in [0, 0.05) is 42.6 Å². The van der Waals surface area contributed by atoms with Gasteiger partial charge in [0.05, 0.1) is 71.0 Å². The summed E-state index contributed by atoms with van der Waals surface area (Å²) in [5.41, 5.74) is 20.2. The summed E-state index contributed by atoms with van der Waals surface area (Å²) >= 11 is 2.69. The quantitative estimate of drug-likeness (QED) is 0.0108. The normalized spacial score (nSPS) is 15.5. The van der Waals surface area contributed by atoms with E-state index in [-0.39, 0.29) is 97.0 Å². The van der Waals surface area contributed by atoms with Gasteiger partial charge in [0.2, 0.25) is 17.7 Å². The van der Waals surface area contributed by atoms with Crippen molar-refractivity contribution >= 4 is 77.1 Å². The van der Waals surface area contributed by atoms with Crippen LogP contribution in [0.25, 0.3) is 0 Å². The number of carbonyl (C=O) groups excluding carboxylic acids is 9. The molecular weight excluding hydrogens is 1870 g/mol. The molecule has 3 heterocycles. The van der Waals surface area contributed by atoms with Gasteiger partial charge in [-0.3, -0.25) is 44.7 Å². The zero-order valence-corrected chi connectivity index (χ0v) is 80.5. The van der Waals surface area contributed by atoms with Crippen molar-refractivity contribution in [2.75, 3.05) is 142 Å². The molecule has 6 rings (SSSR count). The Labute approximate surface area is 815 Å². The Morgan fingerprint density at radius 2 is 0.540 bits per heavy atom. The fourth-order valence-electron chi connectivity index (χ4n) is 15.1. The van der Waals surface area contributed by atoms with Crippen LogP contribution in [0.5, 0.6) is 0 Å². The van der Waals surface area contributed by atoms with Crippen LogP contribution >= 0.6 is 23.5 Å². The highest BCUT2D eigenvalue weighted by molar-refractivity contribution is 7.99. The largest absolute Gasteiger partial charge is 0.465 e. The molecule has 139 heavy (non-hydrogen) atoms. The summed E-state index contributed by atoms with van der Waals surface area (Å²) in [5, 5.41) is 66.2. The van der Waals surface area contributed by atoms with E-state index in [2.05, 4.69) is 45.0 Å². The molecule has 9 unspecified atom stereocenters. The SMILES string of the molecule is NCCCCC(NC(CCc1ccccc1)C(=O)OCCCCCO[N+](=O)[O-])C(=O)N1CCCC1C(=O)OCCCCCO[N+](=O)[O-].NCCCCC(NC(CCc1ccccc1)C(=O)OCCCCO[N+](=O)[O-])C(=O)N1CCCC1C(=O)OCCCCO[N+](=O)[O-].NCCCCC(NC(CCc1ccccc1)C(=O)OCCSCCO[N+](=O)[O-])C(=O)N1CCCC1C(=O)OCCSCCO[N+](=O)[O-]. The first-order valence-electron chi connectivity index (χ1n) is 47.4. The number of esters is 6. The number of rotatable bonds is 76. The number of carbonyl (C=O) groups is 9. The van der Waals surface area contributed by atoms with Crippen molar-refractivity contribution < 1.29 is 131 Å². The lowest BCUT2D eigenvalue weighted by Crippen LogP contribution is -2.54. The third kappa shape index (κ3) is 54.1. The fourth-order valence-corrected chi connectivity index (χ4v) is 16.3. The minimum atomic E-state index is -0.879. The number of hydrogen-bond acceptors (Lipinski definition) is 41. The van der Waals surface area contributed by atoms with Crippen molar-refractivity contribution in [3.8, 4) is 0 Å². The Hall–Kier alpha value is -11.4. The van der Waals surface area contributed by atoms with Crippen LogP contribution < -0.4 is 33.2 Å². The second-order valence-corrected chi connectivity index (χ2v) is 34.9. The molecule has 3 fully saturated rings. The zero-order valence-electron chi connectivity index (χ0n) is 78.9. The smallest absolute Gasteiger partial charge is 0.328 e. The number of nitrogens with one attached hydrogen (secondary N) is 3. The number of aryl methyl sites for hydroxylation is 3. The molecule has 0 bridgehead atoms. The van der Waals surface area contributed by atoms with E-state index in [0.29, 0.717) is 261 Å². The first-order valence-corrected chi connectivity index (χ1v) is 49.7. The topological polar surface area (TPSA) is 647 Å². The van der Waals surface area contributed by atoms with E-state index in [1.807, 2.05) is 91.0 Å². The molecule has 3 aromatic rings. The maximum Gasteiger partial charge on any atom is 0.328 e. The standard InChI is InChI=1S/C31H49N5O11.C29H45N5O11S2.C29H45N5O11/c32-19-7-6-15-26(29(37)34-20-12-16-28(34)31(39)45-22-9-3-11-24-47-36(42)43)33-27(18-17-25-13-4-1-5-14-25)30(38)44-21-8-2-10-23-46-35(40)41;30-13-5-4-9-24(27(35)32-14-6-10-26(32)29(37)43-16-20-47-22-18-45-34(40)41)31-25(12-11-23-7-2-1-3-8-23)28(36)42-15-19-46-21-17-44-33(38)39;30-17-5-4-13-24(27(35)32-18-10-14-26(32)29(37)43-20-7-9-22-45-34(40)41)31-25(16-15-23-11-2-1-3-12-23)28(36)42-19-6-8-21-44-33(38)39/h1,4-5,13-14,26-28,33H,2-3,6-12,15-24,32H2;1-3,7-8,24-26,31H,4-6,9-22,30H2;1-3,11-12,24-26,31H,4-10,13-22,30H2. The minimum absolute atomic E-state index is 0.0221. The molecule has 9 atom stereocenters. The van der Waals surface area contributed by atoms with Gasteiger partial charge in [0.1, 0.15) is 62.7 Å². The molecule has 0 spiro atoms. The Morgan fingerprint density at radius 1 is 0.302 bits per heavy atom. The van der Waals surface area contributed by atoms with Gasteiger partial charge in [-0.1, -0.05) is 110 Å². The lowest BCUT2D eigenvalue weighted by molar-refractivity contribution is -0.757. The first kappa shape index (κ1) is 120. The maximum absolute atomic E-state index is 13.9. The summed E-state index contributed by atoms with van der Waals surface area (Å²) < 4.78 is 32.8. The molecule has 3 amide bonds. The summed E-state index contributed by atoms with van der Waals surface area (Å²) in [6.45, 7) is 2.56. The number of benzene rings is 3. The number of unbranched alkanes of at least 4 members (excludes halogenated alkanes) is 9. The summed E-state index contributed by atoms with van der Waals surface area (Å²) in [4.78, 5) is 212. The van der Waals surface area contributed by atoms with E-state index in [9.17, 15) is 104 Å². The van der Waals surface area contributed by atoms with Gasteiger partial charge in [0.25, 0.3) is 30.5 Å². The molecule has 0 radical (unpaired) electrons. The van der Waals surface area contributed by atoms with Crippen molar-refractivity contribution in [3.05, 3.63) is 168 Å². The van der Waals surface area contributed by atoms with E-state index in [4.69, 9.17) is 45.6 Å². The summed E-state index contributed by atoms with van der Waals surface area (Å²) in [5.74, 6) is -2.45. The number of nitrogens with two attached hydrogens (primary N) is 3. The summed E-state index contributed by atoms with van der Waals surface area (Å²) in [6.07, 6.45) is 15.5. The number of amides is 3. The summed E-state index contributed by atoms with van der Waals surface area (Å²) in [7, 11) is 0. The molecule has 3 aliphatic heterocycles. The van der Waals surface area contributed by atoms with Gasteiger partial charge >= 0.3 is 35.8 Å². The molecule has 50 heteroatoms. The monoisotopic (exact) mass is 2010 g/mol. The lowest BCUT2D eigenvalue weighted by Gasteiger charge is -2.30.